The molecule has 2 nitrogen and oxygen atoms in total. The van der Waals surface area contributed by atoms with Gasteiger partial charge in [0.1, 0.15) is 0 Å². The Morgan fingerprint density at radius 3 is 2.92 bits per heavy atom. The first-order chi connectivity index (χ1) is 5.79. The molecule has 2 rings (SSSR count). The number of nitrogens with one attached hydrogen (secondary N) is 1. The van der Waals surface area contributed by atoms with Crippen LogP contribution in [-0.2, 0) is 0 Å². The standard InChI is InChI=1S/C9H6INO/c10-9(12)7-3-1-2-6-4-5-11-8(6)7/h1-5,11H. The molecule has 2 aromatic rings. The molecule has 0 spiro atoms. The van der Waals surface area contributed by atoms with Crippen LogP contribution >= 0.6 is 22.6 Å². The third-order valence-electron chi connectivity index (χ3n) is 1.80. The smallest absolute Gasteiger partial charge is 0.224 e. The second kappa shape index (κ2) is 2.90. The van der Waals surface area contributed by atoms with E-state index in [9.17, 15) is 4.79 Å². The van der Waals surface area contributed by atoms with E-state index in [-0.39, 0.29) is 3.79 Å². The third-order valence-corrected chi connectivity index (χ3v) is 2.38. The van der Waals surface area contributed by atoms with Gasteiger partial charge in [0, 0.05) is 34.2 Å². The molecular weight excluding hydrogens is 265 g/mol. The maximum Gasteiger partial charge on any atom is 0.224 e. The molecule has 0 unspecified atom stereocenters. The van der Waals surface area contributed by atoms with Crippen LogP contribution in [0.3, 0.4) is 0 Å². The van der Waals surface area contributed by atoms with Crippen LogP contribution in [0.15, 0.2) is 30.5 Å². The van der Waals surface area contributed by atoms with E-state index < -0.39 is 0 Å². The van der Waals surface area contributed by atoms with E-state index in [2.05, 4.69) is 4.98 Å². The van der Waals surface area contributed by atoms with Gasteiger partial charge in [0.25, 0.3) is 0 Å². The first-order valence-electron chi connectivity index (χ1n) is 3.55. The molecule has 1 N–H and O–H groups in total. The number of halogens is 1. The van der Waals surface area contributed by atoms with Gasteiger partial charge in [-0.15, -0.1) is 0 Å². The van der Waals surface area contributed by atoms with Gasteiger partial charge >= 0.3 is 0 Å². The summed E-state index contributed by atoms with van der Waals surface area (Å²) in [5.74, 6) is 0. The van der Waals surface area contributed by atoms with Gasteiger partial charge in [-0.25, -0.2) is 0 Å². The van der Waals surface area contributed by atoms with Crippen LogP contribution in [0, 0.1) is 0 Å². The van der Waals surface area contributed by atoms with Gasteiger partial charge < -0.3 is 4.98 Å². The molecule has 0 aliphatic rings. The molecule has 0 saturated heterocycles. The second-order valence-corrected chi connectivity index (χ2v) is 3.50. The number of aromatic nitrogens is 1. The van der Waals surface area contributed by atoms with Crippen molar-refractivity contribution in [3.05, 3.63) is 36.0 Å². The largest absolute Gasteiger partial charge is 0.361 e. The molecule has 0 bridgehead atoms. The number of fused-ring (bicyclic) bond motifs is 1. The maximum atomic E-state index is 11.1. The quantitative estimate of drug-likeness (QED) is 0.627. The molecule has 1 heterocycles. The van der Waals surface area contributed by atoms with Gasteiger partial charge in [-0.2, -0.15) is 0 Å². The predicted octanol–water partition coefficient (Wildman–Crippen LogP) is 2.74. The fourth-order valence-electron chi connectivity index (χ4n) is 1.25. The molecule has 0 fully saturated rings. The first kappa shape index (κ1) is 7.79. The van der Waals surface area contributed by atoms with Gasteiger partial charge in [0.2, 0.25) is 3.79 Å². The molecule has 1 aromatic heterocycles. The molecule has 60 valence electrons. The Balaban J connectivity index is 2.82. The van der Waals surface area contributed by atoms with E-state index in [0.29, 0.717) is 0 Å². The van der Waals surface area contributed by atoms with E-state index >= 15 is 0 Å². The summed E-state index contributed by atoms with van der Waals surface area (Å²) in [5, 5.41) is 1.08. The molecule has 1 aromatic carbocycles. The number of benzene rings is 1. The molecule has 0 amide bonds. The van der Waals surface area contributed by atoms with Gasteiger partial charge in [0.05, 0.1) is 11.1 Å². The van der Waals surface area contributed by atoms with Crippen molar-refractivity contribution in [1.29, 1.82) is 0 Å². The van der Waals surface area contributed by atoms with E-state index in [1.807, 2.05) is 30.5 Å². The van der Waals surface area contributed by atoms with E-state index in [1.54, 1.807) is 22.6 Å². The van der Waals surface area contributed by atoms with Crippen molar-refractivity contribution in [3.63, 3.8) is 0 Å². The van der Waals surface area contributed by atoms with E-state index in [0.717, 1.165) is 16.5 Å². The van der Waals surface area contributed by atoms with Crippen molar-refractivity contribution < 1.29 is 4.79 Å². The van der Waals surface area contributed by atoms with Crippen LogP contribution in [0.5, 0.6) is 0 Å². The Kier molecular flexibility index (Phi) is 1.88. The highest BCUT2D eigenvalue weighted by molar-refractivity contribution is 14.1. The van der Waals surface area contributed by atoms with Crippen LogP contribution in [0.2, 0.25) is 0 Å². The normalized spacial score (nSPS) is 10.4. The van der Waals surface area contributed by atoms with Crippen molar-refractivity contribution in [2.75, 3.05) is 0 Å². The second-order valence-electron chi connectivity index (χ2n) is 2.52. The highest BCUT2D eigenvalue weighted by atomic mass is 127. The zero-order valence-corrected chi connectivity index (χ0v) is 8.33. The summed E-state index contributed by atoms with van der Waals surface area (Å²) in [5.41, 5.74) is 1.68. The predicted molar refractivity (Wildman–Crippen MR) is 56.6 cm³/mol. The lowest BCUT2D eigenvalue weighted by atomic mass is 10.2. The summed E-state index contributed by atoms with van der Waals surface area (Å²) >= 11 is 1.80. The Hall–Kier alpha value is -0.840. The van der Waals surface area contributed by atoms with Crippen LogP contribution in [0.1, 0.15) is 10.4 Å². The van der Waals surface area contributed by atoms with Gasteiger partial charge in [-0.1, -0.05) is 12.1 Å². The third kappa shape index (κ3) is 1.14. The summed E-state index contributed by atoms with van der Waals surface area (Å²) in [6.07, 6.45) is 1.84. The molecule has 0 aliphatic heterocycles. The lowest BCUT2D eigenvalue weighted by Crippen LogP contribution is -1.88. The van der Waals surface area contributed by atoms with Crippen LogP contribution in [0.25, 0.3) is 10.9 Å². The monoisotopic (exact) mass is 271 g/mol. The number of hydrogen-bond donors (Lipinski definition) is 1. The van der Waals surface area contributed by atoms with Crippen molar-refractivity contribution in [2.24, 2.45) is 0 Å². The summed E-state index contributed by atoms with van der Waals surface area (Å²) in [6.45, 7) is 0. The Morgan fingerprint density at radius 1 is 1.33 bits per heavy atom. The van der Waals surface area contributed by atoms with Crippen molar-refractivity contribution in [1.82, 2.24) is 4.98 Å². The average Bonchev–Trinajstić information content (AvgIpc) is 2.49. The first-order valence-corrected chi connectivity index (χ1v) is 4.63. The number of rotatable bonds is 1. The summed E-state index contributed by atoms with van der Waals surface area (Å²) in [7, 11) is 0. The number of H-pyrrole nitrogens is 1. The van der Waals surface area contributed by atoms with Crippen LogP contribution in [-0.4, -0.2) is 8.77 Å². The zero-order valence-electron chi connectivity index (χ0n) is 6.17. The number of carbonyl (C=O) groups excluding carboxylic acids is 1. The lowest BCUT2D eigenvalue weighted by Gasteiger charge is -1.95. The Labute approximate surface area is 83.1 Å². The Morgan fingerprint density at radius 2 is 2.17 bits per heavy atom. The number of para-hydroxylation sites is 1. The number of aromatic amines is 1. The Bertz CT molecular complexity index is 433. The molecule has 0 saturated carbocycles. The zero-order chi connectivity index (χ0) is 8.55. The van der Waals surface area contributed by atoms with Crippen LogP contribution in [0.4, 0.5) is 0 Å². The van der Waals surface area contributed by atoms with E-state index in [1.165, 1.54) is 0 Å². The highest BCUT2D eigenvalue weighted by Gasteiger charge is 2.05. The summed E-state index contributed by atoms with van der Waals surface area (Å²) < 4.78 is 0.0700. The SMILES string of the molecule is O=C(I)c1cccc2cc[nH]c12. The van der Waals surface area contributed by atoms with Crippen molar-refractivity contribution in [3.8, 4) is 0 Å². The minimum absolute atomic E-state index is 0.0700. The van der Waals surface area contributed by atoms with Crippen molar-refractivity contribution >= 4 is 37.3 Å². The van der Waals surface area contributed by atoms with Crippen molar-refractivity contribution in [2.45, 2.75) is 0 Å². The van der Waals surface area contributed by atoms with E-state index in [4.69, 9.17) is 0 Å². The fourth-order valence-corrected chi connectivity index (χ4v) is 1.70. The molecule has 3 heteroatoms. The summed E-state index contributed by atoms with van der Waals surface area (Å²) in [6, 6.07) is 7.66. The topological polar surface area (TPSA) is 32.9 Å². The molecule has 0 atom stereocenters. The maximum absolute atomic E-state index is 11.1. The molecule has 12 heavy (non-hydrogen) atoms. The van der Waals surface area contributed by atoms with Gasteiger partial charge in [0.15, 0.2) is 0 Å². The molecule has 0 aliphatic carbocycles. The number of carbonyl (C=O) groups is 1. The lowest BCUT2D eigenvalue weighted by molar-refractivity contribution is 0.110. The number of hydrogen-bond acceptors (Lipinski definition) is 1. The molecule has 0 radical (unpaired) electrons. The van der Waals surface area contributed by atoms with Gasteiger partial charge in [-0.05, 0) is 12.1 Å². The minimum Gasteiger partial charge on any atom is -0.361 e. The molecular formula is C9H6INO. The van der Waals surface area contributed by atoms with Gasteiger partial charge in [-0.3, -0.25) is 4.79 Å². The fraction of sp³-hybridized carbons (Fsp3) is 0. The minimum atomic E-state index is 0.0700. The average molecular weight is 271 g/mol. The van der Waals surface area contributed by atoms with Crippen LogP contribution < -0.4 is 0 Å². The summed E-state index contributed by atoms with van der Waals surface area (Å²) in [4.78, 5) is 14.2. The highest BCUT2D eigenvalue weighted by Crippen LogP contribution is 2.18.